The van der Waals surface area contributed by atoms with Crippen molar-refractivity contribution in [2.24, 2.45) is 0 Å². The maximum atomic E-state index is 13.5. The predicted octanol–water partition coefficient (Wildman–Crippen LogP) is 4.68. The molecule has 2 N–H and O–H groups in total. The highest BCUT2D eigenvalue weighted by molar-refractivity contribution is 6.30. The Balaban J connectivity index is 1.96. The summed E-state index contributed by atoms with van der Waals surface area (Å²) in [4.78, 5) is 12.5. The van der Waals surface area contributed by atoms with Crippen LogP contribution < -0.4 is 5.32 Å². The van der Waals surface area contributed by atoms with E-state index in [0.29, 0.717) is 34.0 Å². The first kappa shape index (κ1) is 16.2. The summed E-state index contributed by atoms with van der Waals surface area (Å²) >= 11 is 5.84. The molecule has 0 saturated carbocycles. The van der Waals surface area contributed by atoms with Gasteiger partial charge in [0.1, 0.15) is 11.5 Å². The Morgan fingerprint density at radius 3 is 2.67 bits per heavy atom. The van der Waals surface area contributed by atoms with Crippen molar-refractivity contribution in [1.29, 1.82) is 0 Å². The van der Waals surface area contributed by atoms with Crippen molar-refractivity contribution in [1.82, 2.24) is 10.2 Å². The summed E-state index contributed by atoms with van der Waals surface area (Å²) in [7, 11) is 0. The number of hydrogen-bond donors (Lipinski definition) is 2. The molecule has 0 spiro atoms. The lowest BCUT2D eigenvalue weighted by atomic mass is 10.1. The number of H-pyrrole nitrogens is 1. The van der Waals surface area contributed by atoms with Gasteiger partial charge in [-0.05, 0) is 42.8 Å². The number of amides is 1. The molecule has 0 aliphatic rings. The van der Waals surface area contributed by atoms with Crippen molar-refractivity contribution in [2.45, 2.75) is 13.3 Å². The van der Waals surface area contributed by atoms with Crippen molar-refractivity contribution in [3.8, 4) is 11.3 Å². The minimum atomic E-state index is -0.358. The number of aryl methyl sites for hydroxylation is 1. The molecule has 1 aromatic heterocycles. The molecule has 0 aliphatic heterocycles. The highest BCUT2D eigenvalue weighted by Crippen LogP contribution is 2.30. The van der Waals surface area contributed by atoms with Crippen LogP contribution in [-0.2, 0) is 6.42 Å². The lowest BCUT2D eigenvalue weighted by Crippen LogP contribution is -2.13. The fourth-order valence-electron chi connectivity index (χ4n) is 2.40. The second-order valence-corrected chi connectivity index (χ2v) is 5.69. The van der Waals surface area contributed by atoms with Gasteiger partial charge in [0.2, 0.25) is 0 Å². The van der Waals surface area contributed by atoms with E-state index in [1.165, 1.54) is 12.1 Å². The zero-order valence-corrected chi connectivity index (χ0v) is 13.7. The van der Waals surface area contributed by atoms with E-state index in [-0.39, 0.29) is 11.7 Å². The molecule has 0 unspecified atom stereocenters. The smallest absolute Gasteiger partial charge is 0.255 e. The number of aromatic amines is 1. The lowest BCUT2D eigenvalue weighted by molar-refractivity contribution is 0.102. The molecule has 0 aliphatic carbocycles. The Kier molecular flexibility index (Phi) is 4.62. The summed E-state index contributed by atoms with van der Waals surface area (Å²) in [5.41, 5.74) is 2.92. The van der Waals surface area contributed by atoms with E-state index in [2.05, 4.69) is 15.5 Å². The summed E-state index contributed by atoms with van der Waals surface area (Å²) in [5.74, 6) is -0.635. The third kappa shape index (κ3) is 3.31. The van der Waals surface area contributed by atoms with Gasteiger partial charge < -0.3 is 5.32 Å². The number of hydrogen-bond acceptors (Lipinski definition) is 2. The molecule has 0 atom stereocenters. The van der Waals surface area contributed by atoms with E-state index in [1.54, 1.807) is 36.4 Å². The van der Waals surface area contributed by atoms with Gasteiger partial charge in [0.25, 0.3) is 5.91 Å². The van der Waals surface area contributed by atoms with Crippen LogP contribution >= 0.6 is 11.6 Å². The standard InChI is InChI=1S/C18H15ClFN3O/c1-2-15-17(21-18(24)11-6-8-13(19)9-7-11)16(23-22-15)12-4-3-5-14(20)10-12/h3-10H,2H2,1H3,(H,21,24)(H,22,23). The van der Waals surface area contributed by atoms with E-state index in [0.717, 1.165) is 5.69 Å². The number of carbonyl (C=O) groups is 1. The first-order valence-electron chi connectivity index (χ1n) is 7.48. The zero-order chi connectivity index (χ0) is 17.1. The van der Waals surface area contributed by atoms with Crippen molar-refractivity contribution in [3.63, 3.8) is 0 Å². The second-order valence-electron chi connectivity index (χ2n) is 5.25. The minimum Gasteiger partial charge on any atom is -0.319 e. The third-order valence-corrected chi connectivity index (χ3v) is 3.89. The van der Waals surface area contributed by atoms with Crippen LogP contribution in [0.2, 0.25) is 5.02 Å². The molecular weight excluding hydrogens is 329 g/mol. The fraction of sp³-hybridized carbons (Fsp3) is 0.111. The SMILES string of the molecule is CCc1[nH]nc(-c2cccc(F)c2)c1NC(=O)c1ccc(Cl)cc1. The van der Waals surface area contributed by atoms with E-state index in [9.17, 15) is 9.18 Å². The summed E-state index contributed by atoms with van der Waals surface area (Å²) in [6.07, 6.45) is 0.651. The van der Waals surface area contributed by atoms with Crippen molar-refractivity contribution >= 4 is 23.2 Å². The normalized spacial score (nSPS) is 10.6. The van der Waals surface area contributed by atoms with Gasteiger partial charge in [0.05, 0.1) is 11.4 Å². The van der Waals surface area contributed by atoms with Crippen molar-refractivity contribution < 1.29 is 9.18 Å². The topological polar surface area (TPSA) is 57.8 Å². The average Bonchev–Trinajstić information content (AvgIpc) is 2.98. The van der Waals surface area contributed by atoms with Gasteiger partial charge in [-0.2, -0.15) is 5.10 Å². The molecule has 0 fully saturated rings. The van der Waals surface area contributed by atoms with E-state index in [1.807, 2.05) is 6.92 Å². The van der Waals surface area contributed by atoms with Crippen LogP contribution in [0.25, 0.3) is 11.3 Å². The van der Waals surface area contributed by atoms with Crippen LogP contribution in [0.3, 0.4) is 0 Å². The zero-order valence-electron chi connectivity index (χ0n) is 12.9. The number of rotatable bonds is 4. The molecule has 4 nitrogen and oxygen atoms in total. The molecular formula is C18H15ClFN3O. The summed E-state index contributed by atoms with van der Waals surface area (Å²) < 4.78 is 13.5. The van der Waals surface area contributed by atoms with Crippen LogP contribution in [0.5, 0.6) is 0 Å². The Labute approximate surface area is 143 Å². The molecule has 1 heterocycles. The lowest BCUT2D eigenvalue weighted by Gasteiger charge is -2.08. The molecule has 122 valence electrons. The Morgan fingerprint density at radius 2 is 2.00 bits per heavy atom. The number of carbonyl (C=O) groups excluding carboxylic acids is 1. The monoisotopic (exact) mass is 343 g/mol. The van der Waals surface area contributed by atoms with Crippen molar-refractivity contribution in [3.05, 3.63) is 70.6 Å². The Morgan fingerprint density at radius 1 is 1.25 bits per heavy atom. The Hall–Kier alpha value is -2.66. The Bertz CT molecular complexity index is 874. The van der Waals surface area contributed by atoms with Gasteiger partial charge >= 0.3 is 0 Å². The van der Waals surface area contributed by atoms with Crippen LogP contribution in [0.1, 0.15) is 23.0 Å². The molecule has 1 amide bonds. The molecule has 24 heavy (non-hydrogen) atoms. The molecule has 3 aromatic rings. The van der Waals surface area contributed by atoms with Gasteiger partial charge in [-0.25, -0.2) is 4.39 Å². The highest BCUT2D eigenvalue weighted by atomic mass is 35.5. The summed E-state index contributed by atoms with van der Waals surface area (Å²) in [6, 6.07) is 12.7. The van der Waals surface area contributed by atoms with Gasteiger partial charge in [0, 0.05) is 16.1 Å². The molecule has 3 rings (SSSR count). The first-order valence-corrected chi connectivity index (χ1v) is 7.86. The number of nitrogens with zero attached hydrogens (tertiary/aromatic N) is 1. The van der Waals surface area contributed by atoms with E-state index < -0.39 is 0 Å². The predicted molar refractivity (Wildman–Crippen MR) is 92.8 cm³/mol. The quantitative estimate of drug-likeness (QED) is 0.722. The highest BCUT2D eigenvalue weighted by Gasteiger charge is 2.17. The van der Waals surface area contributed by atoms with E-state index in [4.69, 9.17) is 11.6 Å². The molecule has 6 heteroatoms. The largest absolute Gasteiger partial charge is 0.319 e. The van der Waals surface area contributed by atoms with Crippen LogP contribution in [0.15, 0.2) is 48.5 Å². The van der Waals surface area contributed by atoms with Gasteiger partial charge in [-0.3, -0.25) is 9.89 Å². The van der Waals surface area contributed by atoms with Crippen molar-refractivity contribution in [2.75, 3.05) is 5.32 Å². The third-order valence-electron chi connectivity index (χ3n) is 3.64. The molecule has 0 bridgehead atoms. The summed E-state index contributed by atoms with van der Waals surface area (Å²) in [6.45, 7) is 1.95. The molecule has 0 radical (unpaired) electrons. The summed E-state index contributed by atoms with van der Waals surface area (Å²) in [5, 5.41) is 10.6. The van der Waals surface area contributed by atoms with Gasteiger partial charge in [-0.15, -0.1) is 0 Å². The van der Waals surface area contributed by atoms with Crippen LogP contribution in [-0.4, -0.2) is 16.1 Å². The maximum absolute atomic E-state index is 13.5. The van der Waals surface area contributed by atoms with Gasteiger partial charge in [0.15, 0.2) is 0 Å². The number of aromatic nitrogens is 2. The fourth-order valence-corrected chi connectivity index (χ4v) is 2.53. The number of benzene rings is 2. The van der Waals surface area contributed by atoms with Crippen LogP contribution in [0.4, 0.5) is 10.1 Å². The molecule has 2 aromatic carbocycles. The average molecular weight is 344 g/mol. The maximum Gasteiger partial charge on any atom is 0.255 e. The van der Waals surface area contributed by atoms with E-state index >= 15 is 0 Å². The van der Waals surface area contributed by atoms with Gasteiger partial charge in [-0.1, -0.05) is 30.7 Å². The van der Waals surface area contributed by atoms with Crippen LogP contribution in [0, 0.1) is 5.82 Å². The number of anilines is 1. The molecule has 0 saturated heterocycles. The minimum absolute atomic E-state index is 0.277. The number of halogens is 2. The first-order chi connectivity index (χ1) is 11.6. The second kappa shape index (κ2) is 6.84. The number of nitrogens with one attached hydrogen (secondary N) is 2.